The number of piperidine rings is 1. The lowest BCUT2D eigenvalue weighted by Gasteiger charge is -2.39. The van der Waals surface area contributed by atoms with Gasteiger partial charge in [0.2, 0.25) is 0 Å². The number of hydrogen-bond acceptors (Lipinski definition) is 2. The summed E-state index contributed by atoms with van der Waals surface area (Å²) in [6.07, 6.45) is 3.68. The summed E-state index contributed by atoms with van der Waals surface area (Å²) in [6, 6.07) is 7.45. The molecule has 1 saturated heterocycles. The van der Waals surface area contributed by atoms with Crippen LogP contribution in [0.1, 0.15) is 37.8 Å². The number of likely N-dealkylation sites (tertiary alicyclic amines) is 1. The van der Waals surface area contributed by atoms with Gasteiger partial charge in [0.1, 0.15) is 5.82 Å². The molecule has 1 aromatic rings. The molecule has 0 saturated carbocycles. The summed E-state index contributed by atoms with van der Waals surface area (Å²) in [5, 5.41) is 3.54. The van der Waals surface area contributed by atoms with Crippen LogP contribution < -0.4 is 5.32 Å². The van der Waals surface area contributed by atoms with Crippen LogP contribution in [-0.2, 0) is 0 Å². The summed E-state index contributed by atoms with van der Waals surface area (Å²) < 4.78 is 13.1. The monoisotopic (exact) mass is 264 g/mol. The summed E-state index contributed by atoms with van der Waals surface area (Å²) in [6.45, 7) is 5.46. The molecular weight excluding hydrogens is 239 g/mol. The van der Waals surface area contributed by atoms with Crippen LogP contribution in [0.5, 0.6) is 0 Å². The molecular formula is C16H25FN2. The molecule has 2 nitrogen and oxygen atoms in total. The Hall–Kier alpha value is -0.930. The van der Waals surface area contributed by atoms with Gasteiger partial charge in [0.15, 0.2) is 0 Å². The fraction of sp³-hybridized carbons (Fsp3) is 0.625. The van der Waals surface area contributed by atoms with Crippen LogP contribution in [0.25, 0.3) is 0 Å². The second-order valence-electron chi connectivity index (χ2n) is 5.58. The van der Waals surface area contributed by atoms with Crippen LogP contribution >= 0.6 is 0 Å². The van der Waals surface area contributed by atoms with Crippen LogP contribution in [-0.4, -0.2) is 31.6 Å². The van der Waals surface area contributed by atoms with Crippen molar-refractivity contribution in [3.63, 3.8) is 0 Å². The van der Waals surface area contributed by atoms with Crippen molar-refractivity contribution in [1.82, 2.24) is 10.2 Å². The van der Waals surface area contributed by atoms with Gasteiger partial charge >= 0.3 is 0 Å². The minimum atomic E-state index is -0.150. The number of halogens is 1. The molecule has 1 aliphatic heterocycles. The highest BCUT2D eigenvalue weighted by atomic mass is 19.1. The molecule has 0 spiro atoms. The van der Waals surface area contributed by atoms with Crippen molar-refractivity contribution in [2.75, 3.05) is 26.7 Å². The van der Waals surface area contributed by atoms with E-state index in [2.05, 4.69) is 24.2 Å². The first-order valence-corrected chi connectivity index (χ1v) is 7.38. The van der Waals surface area contributed by atoms with Crippen molar-refractivity contribution in [3.8, 4) is 0 Å². The maximum absolute atomic E-state index is 13.1. The third-order valence-corrected chi connectivity index (χ3v) is 4.05. The van der Waals surface area contributed by atoms with E-state index in [0.29, 0.717) is 12.0 Å². The topological polar surface area (TPSA) is 15.3 Å². The molecule has 0 bridgehead atoms. The van der Waals surface area contributed by atoms with Crippen molar-refractivity contribution in [2.45, 2.75) is 32.2 Å². The van der Waals surface area contributed by atoms with Gasteiger partial charge in [-0.25, -0.2) is 4.39 Å². The first-order chi connectivity index (χ1) is 9.22. The predicted molar refractivity (Wildman–Crippen MR) is 77.7 cm³/mol. The van der Waals surface area contributed by atoms with Gasteiger partial charge < -0.3 is 5.32 Å². The van der Waals surface area contributed by atoms with E-state index < -0.39 is 0 Å². The molecule has 1 fully saturated rings. The Morgan fingerprint density at radius 3 is 2.74 bits per heavy atom. The number of nitrogens with zero attached hydrogens (tertiary/aromatic N) is 1. The third kappa shape index (κ3) is 3.77. The van der Waals surface area contributed by atoms with Gasteiger partial charge in [0.05, 0.1) is 0 Å². The average Bonchev–Trinajstić information content (AvgIpc) is 2.41. The van der Waals surface area contributed by atoms with Gasteiger partial charge in [-0.1, -0.05) is 19.1 Å². The standard InChI is InChI=1S/C16H25FN2/c1-3-10-18-12-14-5-4-11-19(2)16(14)13-6-8-15(17)9-7-13/h6-9,14,16,18H,3-5,10-12H2,1-2H3. The van der Waals surface area contributed by atoms with Gasteiger partial charge in [-0.2, -0.15) is 0 Å². The maximum atomic E-state index is 13.1. The number of rotatable bonds is 5. The summed E-state index contributed by atoms with van der Waals surface area (Å²) in [7, 11) is 2.18. The van der Waals surface area contributed by atoms with E-state index >= 15 is 0 Å². The highest BCUT2D eigenvalue weighted by molar-refractivity contribution is 5.21. The molecule has 1 N–H and O–H groups in total. The van der Waals surface area contributed by atoms with E-state index in [4.69, 9.17) is 0 Å². The summed E-state index contributed by atoms with van der Waals surface area (Å²) in [5.41, 5.74) is 1.24. The van der Waals surface area contributed by atoms with Crippen molar-refractivity contribution in [1.29, 1.82) is 0 Å². The van der Waals surface area contributed by atoms with E-state index in [9.17, 15) is 4.39 Å². The van der Waals surface area contributed by atoms with E-state index in [0.717, 1.165) is 19.6 Å². The number of benzene rings is 1. The Bertz CT molecular complexity index is 377. The maximum Gasteiger partial charge on any atom is 0.123 e. The summed E-state index contributed by atoms with van der Waals surface area (Å²) >= 11 is 0. The van der Waals surface area contributed by atoms with Gasteiger partial charge in [-0.05, 0) is 69.6 Å². The molecule has 0 aliphatic carbocycles. The number of hydrogen-bond donors (Lipinski definition) is 1. The van der Waals surface area contributed by atoms with E-state index in [-0.39, 0.29) is 5.82 Å². The minimum Gasteiger partial charge on any atom is -0.316 e. The smallest absolute Gasteiger partial charge is 0.123 e. The van der Waals surface area contributed by atoms with Crippen LogP contribution in [0.3, 0.4) is 0 Å². The van der Waals surface area contributed by atoms with Crippen LogP contribution in [0.2, 0.25) is 0 Å². The molecule has 0 amide bonds. The van der Waals surface area contributed by atoms with Crippen LogP contribution in [0.4, 0.5) is 4.39 Å². The highest BCUT2D eigenvalue weighted by Crippen LogP contribution is 2.34. The SMILES string of the molecule is CCCNCC1CCCN(C)C1c1ccc(F)cc1. The summed E-state index contributed by atoms with van der Waals surface area (Å²) in [4.78, 5) is 2.41. The van der Waals surface area contributed by atoms with Crippen molar-refractivity contribution < 1.29 is 4.39 Å². The second kappa shape index (κ2) is 7.01. The molecule has 0 radical (unpaired) electrons. The van der Waals surface area contributed by atoms with Crippen LogP contribution in [0, 0.1) is 11.7 Å². The van der Waals surface area contributed by atoms with Gasteiger partial charge in [-0.15, -0.1) is 0 Å². The largest absolute Gasteiger partial charge is 0.316 e. The van der Waals surface area contributed by atoms with Crippen LogP contribution in [0.15, 0.2) is 24.3 Å². The van der Waals surface area contributed by atoms with Crippen molar-refractivity contribution in [2.24, 2.45) is 5.92 Å². The lowest BCUT2D eigenvalue weighted by atomic mass is 9.85. The fourth-order valence-electron chi connectivity index (χ4n) is 3.12. The summed E-state index contributed by atoms with van der Waals surface area (Å²) in [5.74, 6) is 0.471. The normalized spacial score (nSPS) is 24.6. The molecule has 1 aromatic carbocycles. The third-order valence-electron chi connectivity index (χ3n) is 4.05. The first kappa shape index (κ1) is 14.5. The Balaban J connectivity index is 2.09. The highest BCUT2D eigenvalue weighted by Gasteiger charge is 2.29. The quantitative estimate of drug-likeness (QED) is 0.822. The number of nitrogens with one attached hydrogen (secondary N) is 1. The van der Waals surface area contributed by atoms with Gasteiger partial charge in [0.25, 0.3) is 0 Å². The Labute approximate surface area is 116 Å². The molecule has 106 valence electrons. The molecule has 0 aromatic heterocycles. The molecule has 1 heterocycles. The Kier molecular flexibility index (Phi) is 5.34. The van der Waals surface area contributed by atoms with E-state index in [1.54, 1.807) is 12.1 Å². The van der Waals surface area contributed by atoms with Gasteiger partial charge in [0, 0.05) is 6.04 Å². The minimum absolute atomic E-state index is 0.150. The molecule has 19 heavy (non-hydrogen) atoms. The molecule has 3 heteroatoms. The lowest BCUT2D eigenvalue weighted by Crippen LogP contribution is -2.40. The van der Waals surface area contributed by atoms with E-state index in [1.807, 2.05) is 12.1 Å². The molecule has 2 rings (SSSR count). The zero-order valence-corrected chi connectivity index (χ0v) is 12.0. The fourth-order valence-corrected chi connectivity index (χ4v) is 3.12. The lowest BCUT2D eigenvalue weighted by molar-refractivity contribution is 0.119. The van der Waals surface area contributed by atoms with Crippen molar-refractivity contribution in [3.05, 3.63) is 35.6 Å². The van der Waals surface area contributed by atoms with Crippen molar-refractivity contribution >= 4 is 0 Å². The van der Waals surface area contributed by atoms with E-state index in [1.165, 1.54) is 24.8 Å². The zero-order chi connectivity index (χ0) is 13.7. The molecule has 2 atom stereocenters. The van der Waals surface area contributed by atoms with Gasteiger partial charge in [-0.3, -0.25) is 4.90 Å². The average molecular weight is 264 g/mol. The molecule has 2 unspecified atom stereocenters. The zero-order valence-electron chi connectivity index (χ0n) is 12.0. The molecule has 1 aliphatic rings. The predicted octanol–water partition coefficient (Wildman–Crippen LogP) is 3.21. The first-order valence-electron chi connectivity index (χ1n) is 7.38. The Morgan fingerprint density at radius 1 is 1.32 bits per heavy atom. The Morgan fingerprint density at radius 2 is 2.05 bits per heavy atom. The second-order valence-corrected chi connectivity index (χ2v) is 5.58.